The molecule has 0 unspecified atom stereocenters. The summed E-state index contributed by atoms with van der Waals surface area (Å²) in [5, 5.41) is 11.6. The molecule has 0 radical (unpaired) electrons. The van der Waals surface area contributed by atoms with Crippen LogP contribution in [0.3, 0.4) is 0 Å². The minimum absolute atomic E-state index is 1.41. The van der Waals surface area contributed by atoms with Gasteiger partial charge in [0.25, 0.3) is 0 Å². The summed E-state index contributed by atoms with van der Waals surface area (Å²) >= 11 is 0. The number of allylic oxidation sites excluding steroid dienone is 4. The summed E-state index contributed by atoms with van der Waals surface area (Å²) < 4.78 is 0. The molecule has 5 aromatic carbocycles. The zero-order valence-corrected chi connectivity index (χ0v) is 20.3. The van der Waals surface area contributed by atoms with Gasteiger partial charge in [0.05, 0.1) is 0 Å². The lowest BCUT2D eigenvalue weighted by Crippen LogP contribution is -1.97. The van der Waals surface area contributed by atoms with Gasteiger partial charge in [0.2, 0.25) is 0 Å². The Labute approximate surface area is 189 Å². The fourth-order valence-electron chi connectivity index (χ4n) is 7.34. The SMILES string of the molecule is CC1=C(C)c2c(C)cc3c4cc(C)c5c6c(c(C)cc(c7cc(C)c1c2c73)c64)C(C)=C5C. The van der Waals surface area contributed by atoms with E-state index in [4.69, 9.17) is 0 Å². The second kappa shape index (κ2) is 5.44. The zero-order chi connectivity index (χ0) is 22.4. The molecule has 0 saturated heterocycles. The maximum atomic E-state index is 2.48. The number of aryl methyl sites for hydroxylation is 4. The molecule has 2 aliphatic carbocycles. The minimum Gasteiger partial charge on any atom is -0.0501 e. The van der Waals surface area contributed by atoms with Crippen LogP contribution in [-0.2, 0) is 0 Å². The van der Waals surface area contributed by atoms with Gasteiger partial charge in [0.1, 0.15) is 0 Å². The molecule has 0 atom stereocenters. The Kier molecular flexibility index (Phi) is 3.13. The molecule has 0 aromatic heterocycles. The Morgan fingerprint density at radius 2 is 0.531 bits per heavy atom. The third kappa shape index (κ3) is 1.77. The van der Waals surface area contributed by atoms with Crippen molar-refractivity contribution in [3.8, 4) is 0 Å². The van der Waals surface area contributed by atoms with E-state index in [0.717, 1.165) is 0 Å². The third-order valence-corrected chi connectivity index (χ3v) is 8.80. The molecule has 0 heteroatoms. The molecule has 0 nitrogen and oxygen atoms in total. The van der Waals surface area contributed by atoms with Crippen LogP contribution in [-0.4, -0.2) is 0 Å². The molecule has 32 heavy (non-hydrogen) atoms. The van der Waals surface area contributed by atoms with E-state index in [0.29, 0.717) is 0 Å². The number of fused-ring (bicyclic) bond motifs is 2. The van der Waals surface area contributed by atoms with Crippen LogP contribution < -0.4 is 0 Å². The fraction of sp³-hybridized carbons (Fsp3) is 0.250. The van der Waals surface area contributed by atoms with Crippen LogP contribution in [0.1, 0.15) is 72.2 Å². The Balaban J connectivity index is 1.89. The van der Waals surface area contributed by atoms with Crippen LogP contribution in [0.15, 0.2) is 24.3 Å². The number of hydrogen-bond donors (Lipinski definition) is 0. The van der Waals surface area contributed by atoms with Crippen molar-refractivity contribution in [1.82, 2.24) is 0 Å². The zero-order valence-electron chi connectivity index (χ0n) is 20.3. The molecule has 0 fully saturated rings. The highest BCUT2D eigenvalue weighted by Gasteiger charge is 2.30. The van der Waals surface area contributed by atoms with Crippen molar-refractivity contribution in [1.29, 1.82) is 0 Å². The third-order valence-electron chi connectivity index (χ3n) is 8.80. The lowest BCUT2D eigenvalue weighted by molar-refractivity contribution is 1.45. The molecular formula is C32H28. The van der Waals surface area contributed by atoms with E-state index in [1.54, 1.807) is 0 Å². The van der Waals surface area contributed by atoms with Gasteiger partial charge in [-0.3, -0.25) is 0 Å². The van der Waals surface area contributed by atoms with Gasteiger partial charge in [0.15, 0.2) is 0 Å². The van der Waals surface area contributed by atoms with E-state index in [2.05, 4.69) is 79.7 Å². The van der Waals surface area contributed by atoms with Crippen molar-refractivity contribution < 1.29 is 0 Å². The highest BCUT2D eigenvalue weighted by atomic mass is 14.3. The van der Waals surface area contributed by atoms with Crippen molar-refractivity contribution in [3.63, 3.8) is 0 Å². The summed E-state index contributed by atoms with van der Waals surface area (Å²) in [5.41, 5.74) is 17.3. The number of hydrogen-bond acceptors (Lipinski definition) is 0. The topological polar surface area (TPSA) is 0 Å². The lowest BCUT2D eigenvalue weighted by Gasteiger charge is -2.21. The van der Waals surface area contributed by atoms with E-state index in [1.165, 1.54) is 110 Å². The average Bonchev–Trinajstić information content (AvgIpc) is 3.17. The molecule has 0 amide bonds. The first kappa shape index (κ1) is 18.5. The normalized spacial score (nSPS) is 15.2. The molecule has 5 aromatic rings. The van der Waals surface area contributed by atoms with Crippen LogP contribution in [0.5, 0.6) is 0 Å². The van der Waals surface area contributed by atoms with Gasteiger partial charge in [-0.1, -0.05) is 24.3 Å². The first-order valence-electron chi connectivity index (χ1n) is 11.8. The smallest absolute Gasteiger partial charge is 0.00137 e. The highest BCUT2D eigenvalue weighted by Crippen LogP contribution is 2.54. The van der Waals surface area contributed by atoms with Gasteiger partial charge < -0.3 is 0 Å². The molecule has 0 N–H and O–H groups in total. The van der Waals surface area contributed by atoms with Crippen molar-refractivity contribution in [2.45, 2.75) is 55.4 Å². The van der Waals surface area contributed by atoms with Crippen molar-refractivity contribution in [3.05, 3.63) is 68.8 Å². The molecule has 0 heterocycles. The maximum Gasteiger partial charge on any atom is -0.00137 e. The maximum absolute atomic E-state index is 2.48. The Morgan fingerprint density at radius 1 is 0.312 bits per heavy atom. The predicted molar refractivity (Wildman–Crippen MR) is 143 cm³/mol. The van der Waals surface area contributed by atoms with E-state index in [-0.39, 0.29) is 0 Å². The van der Waals surface area contributed by atoms with E-state index < -0.39 is 0 Å². The minimum atomic E-state index is 1.41. The summed E-state index contributed by atoms with van der Waals surface area (Å²) in [5.74, 6) is 0. The average molecular weight is 413 g/mol. The van der Waals surface area contributed by atoms with Gasteiger partial charge in [-0.25, -0.2) is 0 Å². The first-order chi connectivity index (χ1) is 15.2. The summed E-state index contributed by atoms with van der Waals surface area (Å²) in [4.78, 5) is 0. The summed E-state index contributed by atoms with van der Waals surface area (Å²) in [6.45, 7) is 18.5. The second-order valence-corrected chi connectivity index (χ2v) is 10.5. The predicted octanol–water partition coefficient (Wildman–Crippen LogP) is 9.50. The largest absolute Gasteiger partial charge is 0.0501 e. The van der Waals surface area contributed by atoms with Crippen LogP contribution in [0.4, 0.5) is 0 Å². The van der Waals surface area contributed by atoms with E-state index in [9.17, 15) is 0 Å². The Hall–Kier alpha value is -3.12. The molecule has 156 valence electrons. The molecular weight excluding hydrogens is 384 g/mol. The molecule has 2 aliphatic rings. The molecule has 0 saturated carbocycles. The van der Waals surface area contributed by atoms with Crippen LogP contribution >= 0.6 is 0 Å². The summed E-state index contributed by atoms with van der Waals surface area (Å²) in [7, 11) is 0. The van der Waals surface area contributed by atoms with Gasteiger partial charge >= 0.3 is 0 Å². The summed E-state index contributed by atoms with van der Waals surface area (Å²) in [6, 6.07) is 9.90. The van der Waals surface area contributed by atoms with E-state index in [1.807, 2.05) is 0 Å². The van der Waals surface area contributed by atoms with Crippen molar-refractivity contribution in [2.24, 2.45) is 0 Å². The van der Waals surface area contributed by atoms with Crippen LogP contribution in [0.2, 0.25) is 0 Å². The van der Waals surface area contributed by atoms with Crippen molar-refractivity contribution >= 4 is 65.4 Å². The fourth-order valence-corrected chi connectivity index (χ4v) is 7.34. The van der Waals surface area contributed by atoms with Gasteiger partial charge in [-0.2, -0.15) is 0 Å². The van der Waals surface area contributed by atoms with Crippen molar-refractivity contribution in [2.75, 3.05) is 0 Å². The highest BCUT2D eigenvalue weighted by molar-refractivity contribution is 6.38. The molecule has 0 spiro atoms. The quantitative estimate of drug-likeness (QED) is 0.175. The van der Waals surface area contributed by atoms with Gasteiger partial charge in [-0.05, 0) is 165 Å². The van der Waals surface area contributed by atoms with Crippen LogP contribution in [0.25, 0.3) is 65.4 Å². The monoisotopic (exact) mass is 412 g/mol. The summed E-state index contributed by atoms with van der Waals surface area (Å²) in [6.07, 6.45) is 0. The van der Waals surface area contributed by atoms with Gasteiger partial charge in [-0.15, -0.1) is 0 Å². The van der Waals surface area contributed by atoms with Crippen LogP contribution in [0, 0.1) is 27.7 Å². The Morgan fingerprint density at radius 3 is 0.750 bits per heavy atom. The molecule has 7 rings (SSSR count). The van der Waals surface area contributed by atoms with Gasteiger partial charge in [0, 0.05) is 0 Å². The number of rotatable bonds is 0. The number of benzene rings is 5. The molecule has 0 bridgehead atoms. The first-order valence-corrected chi connectivity index (χ1v) is 11.8. The lowest BCUT2D eigenvalue weighted by atomic mass is 9.82. The second-order valence-electron chi connectivity index (χ2n) is 10.5. The molecule has 0 aliphatic heterocycles. The Bertz CT molecular complexity index is 1560. The standard InChI is InChI=1S/C32H28/c1-13-9-21-22-10-15(3)27-19(7)20(8)28-16(4)12-24(30(22)32(27)28)23-11-14(2)26-18(6)17(5)25(13)31(26)29(21)23/h9-12H,1-8H3. The van der Waals surface area contributed by atoms with E-state index >= 15 is 0 Å².